The highest BCUT2D eigenvalue weighted by atomic mass is 16.5. The third kappa shape index (κ3) is 6.41. The maximum atomic E-state index is 12.8. The first-order valence-corrected chi connectivity index (χ1v) is 11.4. The van der Waals surface area contributed by atoms with Gasteiger partial charge in [-0.2, -0.15) is 0 Å². The number of Topliss-reactive ketones (excluding diaryl/α,β-unsaturated/α-hetero) is 1. The molecule has 0 radical (unpaired) electrons. The molecule has 0 aliphatic heterocycles. The summed E-state index contributed by atoms with van der Waals surface area (Å²) in [6.45, 7) is 5.29. The highest BCUT2D eigenvalue weighted by Crippen LogP contribution is 2.29. The Labute approximate surface area is 210 Å². The normalized spacial score (nSPS) is 11.8. The molecule has 8 heteroatoms. The van der Waals surface area contributed by atoms with E-state index in [0.29, 0.717) is 22.6 Å². The largest absolute Gasteiger partial charge is 0.493 e. The third-order valence-corrected chi connectivity index (χ3v) is 5.77. The van der Waals surface area contributed by atoms with E-state index in [1.54, 1.807) is 18.2 Å². The van der Waals surface area contributed by atoms with Gasteiger partial charge in [-0.25, -0.2) is 4.79 Å². The fraction of sp³-hybridized carbons (Fsp3) is 0.250. The van der Waals surface area contributed by atoms with Crippen molar-refractivity contribution in [2.45, 2.75) is 26.8 Å². The van der Waals surface area contributed by atoms with Gasteiger partial charge in [-0.1, -0.05) is 36.4 Å². The summed E-state index contributed by atoms with van der Waals surface area (Å²) in [6, 6.07) is 16.8. The van der Waals surface area contributed by atoms with Crippen LogP contribution in [0.25, 0.3) is 6.08 Å². The van der Waals surface area contributed by atoms with E-state index in [-0.39, 0.29) is 25.0 Å². The molecule has 1 aromatic heterocycles. The van der Waals surface area contributed by atoms with Gasteiger partial charge in [0.2, 0.25) is 5.78 Å². The van der Waals surface area contributed by atoms with Crippen LogP contribution in [-0.2, 0) is 14.3 Å². The zero-order chi connectivity index (χ0) is 26.2. The predicted octanol–water partition coefficient (Wildman–Crippen LogP) is 4.03. The predicted molar refractivity (Wildman–Crippen MR) is 136 cm³/mol. The molecule has 3 rings (SSSR count). The van der Waals surface area contributed by atoms with Crippen LogP contribution < -0.4 is 15.2 Å². The highest BCUT2D eigenvalue weighted by molar-refractivity contribution is 6.00. The van der Waals surface area contributed by atoms with Crippen molar-refractivity contribution in [1.29, 1.82) is 0 Å². The fourth-order valence-electron chi connectivity index (χ4n) is 4.02. The number of aromatic nitrogens is 1. The molecule has 1 atom stereocenters. The van der Waals surface area contributed by atoms with Crippen molar-refractivity contribution >= 4 is 23.7 Å². The summed E-state index contributed by atoms with van der Waals surface area (Å²) in [5.41, 5.74) is 9.18. The number of hydrogen-bond donors (Lipinski definition) is 1. The molecule has 36 heavy (non-hydrogen) atoms. The molecule has 0 aliphatic carbocycles. The highest BCUT2D eigenvalue weighted by Gasteiger charge is 2.20. The van der Waals surface area contributed by atoms with Crippen molar-refractivity contribution in [1.82, 2.24) is 4.57 Å². The molecule has 188 valence electrons. The standard InChI is InChI=1S/C28H30N2O6/c1-18-14-23(20(3)30(18)19(2)22-8-6-5-7-9-22)24(31)16-36-28(33)13-11-21-10-12-25(26(15-21)34-4)35-17-27(29)32/h5-15,19H,16-17H2,1-4H3,(H2,29,32). The van der Waals surface area contributed by atoms with Crippen LogP contribution in [0.15, 0.2) is 60.7 Å². The lowest BCUT2D eigenvalue weighted by molar-refractivity contribution is -0.136. The smallest absolute Gasteiger partial charge is 0.331 e. The molecule has 1 amide bonds. The number of amides is 1. The second-order valence-electron chi connectivity index (χ2n) is 8.27. The summed E-state index contributed by atoms with van der Waals surface area (Å²) in [5, 5.41) is 0. The molecule has 0 spiro atoms. The number of rotatable bonds is 11. The Morgan fingerprint density at radius 2 is 1.72 bits per heavy atom. The third-order valence-electron chi connectivity index (χ3n) is 5.77. The van der Waals surface area contributed by atoms with Crippen LogP contribution >= 0.6 is 0 Å². The first-order valence-electron chi connectivity index (χ1n) is 11.4. The molecule has 0 fully saturated rings. The van der Waals surface area contributed by atoms with Crippen LogP contribution in [0.1, 0.15) is 45.8 Å². The molecule has 0 saturated carbocycles. The van der Waals surface area contributed by atoms with Crippen LogP contribution in [-0.4, -0.2) is 42.6 Å². The molecule has 1 heterocycles. The van der Waals surface area contributed by atoms with E-state index in [0.717, 1.165) is 17.0 Å². The average molecular weight is 491 g/mol. The maximum Gasteiger partial charge on any atom is 0.331 e. The van der Waals surface area contributed by atoms with E-state index in [4.69, 9.17) is 19.9 Å². The molecule has 1 unspecified atom stereocenters. The summed E-state index contributed by atoms with van der Waals surface area (Å²) >= 11 is 0. The second kappa shape index (κ2) is 11.9. The zero-order valence-corrected chi connectivity index (χ0v) is 20.8. The van der Waals surface area contributed by atoms with Crippen LogP contribution in [0, 0.1) is 13.8 Å². The zero-order valence-electron chi connectivity index (χ0n) is 20.8. The van der Waals surface area contributed by atoms with Crippen LogP contribution in [0.2, 0.25) is 0 Å². The first-order chi connectivity index (χ1) is 17.2. The summed E-state index contributed by atoms with van der Waals surface area (Å²) in [6.07, 6.45) is 2.76. The van der Waals surface area contributed by atoms with E-state index < -0.39 is 11.9 Å². The Kier molecular flexibility index (Phi) is 8.67. The lowest BCUT2D eigenvalue weighted by atomic mass is 10.1. The van der Waals surface area contributed by atoms with E-state index in [1.165, 1.54) is 19.3 Å². The topological polar surface area (TPSA) is 110 Å². The van der Waals surface area contributed by atoms with Gasteiger partial charge in [-0.05, 0) is 56.2 Å². The van der Waals surface area contributed by atoms with Crippen LogP contribution in [0.3, 0.4) is 0 Å². The van der Waals surface area contributed by atoms with Gasteiger partial charge in [0.15, 0.2) is 24.7 Å². The number of ketones is 1. The van der Waals surface area contributed by atoms with Gasteiger partial charge >= 0.3 is 5.97 Å². The summed E-state index contributed by atoms with van der Waals surface area (Å²) in [5.74, 6) is -0.800. The number of nitrogens with two attached hydrogens (primary N) is 1. The van der Waals surface area contributed by atoms with E-state index in [2.05, 4.69) is 23.6 Å². The van der Waals surface area contributed by atoms with Crippen molar-refractivity contribution in [3.63, 3.8) is 0 Å². The first kappa shape index (κ1) is 26.3. The van der Waals surface area contributed by atoms with Crippen LogP contribution in [0.5, 0.6) is 11.5 Å². The number of primary amides is 1. The molecule has 2 aromatic carbocycles. The van der Waals surface area contributed by atoms with E-state index in [9.17, 15) is 14.4 Å². The second-order valence-corrected chi connectivity index (χ2v) is 8.27. The lowest BCUT2D eigenvalue weighted by Crippen LogP contribution is -2.20. The number of hydrogen-bond acceptors (Lipinski definition) is 6. The SMILES string of the molecule is COc1cc(C=CC(=O)OCC(=O)c2cc(C)n(C(C)c3ccccc3)c2C)ccc1OCC(N)=O. The summed E-state index contributed by atoms with van der Waals surface area (Å²) in [4.78, 5) is 36.0. The van der Waals surface area contributed by atoms with Crippen molar-refractivity contribution in [3.05, 3.63) is 88.8 Å². The fourth-order valence-corrected chi connectivity index (χ4v) is 4.02. The average Bonchev–Trinajstić information content (AvgIpc) is 3.18. The Bertz CT molecular complexity index is 1280. The van der Waals surface area contributed by atoms with Crippen molar-refractivity contribution in [2.24, 2.45) is 5.73 Å². The van der Waals surface area contributed by atoms with Crippen molar-refractivity contribution in [3.8, 4) is 11.5 Å². The minimum Gasteiger partial charge on any atom is -0.493 e. The Morgan fingerprint density at radius 3 is 2.39 bits per heavy atom. The number of carbonyl (C=O) groups is 3. The Hall–Kier alpha value is -4.33. The number of methoxy groups -OCH3 is 1. The molecule has 2 N–H and O–H groups in total. The minimum atomic E-state index is -0.650. The number of carbonyl (C=O) groups excluding carboxylic acids is 3. The molecular formula is C28H30N2O6. The Morgan fingerprint density at radius 1 is 1.00 bits per heavy atom. The van der Waals surface area contributed by atoms with E-state index in [1.807, 2.05) is 38.1 Å². The molecular weight excluding hydrogens is 460 g/mol. The summed E-state index contributed by atoms with van der Waals surface area (Å²) < 4.78 is 17.8. The number of aryl methyl sites for hydroxylation is 1. The quantitative estimate of drug-likeness (QED) is 0.247. The molecule has 0 aliphatic rings. The minimum absolute atomic E-state index is 0.0582. The molecule has 3 aromatic rings. The van der Waals surface area contributed by atoms with Gasteiger partial charge < -0.3 is 24.5 Å². The van der Waals surface area contributed by atoms with Crippen LogP contribution in [0.4, 0.5) is 0 Å². The summed E-state index contributed by atoms with van der Waals surface area (Å²) in [7, 11) is 1.46. The van der Waals surface area contributed by atoms with Gasteiger partial charge in [-0.15, -0.1) is 0 Å². The number of nitrogens with zero attached hydrogens (tertiary/aromatic N) is 1. The maximum absolute atomic E-state index is 12.8. The van der Waals surface area contributed by atoms with Gasteiger partial charge in [-0.3, -0.25) is 9.59 Å². The lowest BCUT2D eigenvalue weighted by Gasteiger charge is -2.19. The van der Waals surface area contributed by atoms with Crippen molar-refractivity contribution in [2.75, 3.05) is 20.3 Å². The van der Waals surface area contributed by atoms with Gasteiger partial charge in [0.25, 0.3) is 5.91 Å². The number of esters is 1. The van der Waals surface area contributed by atoms with E-state index >= 15 is 0 Å². The number of benzene rings is 2. The molecule has 0 saturated heterocycles. The van der Waals surface area contributed by atoms with Gasteiger partial charge in [0.05, 0.1) is 13.2 Å². The number of ether oxygens (including phenoxy) is 3. The van der Waals surface area contributed by atoms with Gasteiger partial charge in [0.1, 0.15) is 0 Å². The molecule has 0 bridgehead atoms. The van der Waals surface area contributed by atoms with Gasteiger partial charge in [0, 0.05) is 23.0 Å². The van der Waals surface area contributed by atoms with Crippen molar-refractivity contribution < 1.29 is 28.6 Å². The Balaban J connectivity index is 1.62. The monoisotopic (exact) mass is 490 g/mol. The molecule has 8 nitrogen and oxygen atoms in total.